The molecule has 1 aromatic heterocycles. The van der Waals surface area contributed by atoms with Crippen LogP contribution in [0.2, 0.25) is 0 Å². The van der Waals surface area contributed by atoms with Crippen molar-refractivity contribution in [3.05, 3.63) is 65.5 Å². The van der Waals surface area contributed by atoms with Crippen LogP contribution in [0.25, 0.3) is 5.69 Å². The lowest BCUT2D eigenvalue weighted by Crippen LogP contribution is -2.14. The van der Waals surface area contributed by atoms with Crippen LogP contribution in [0.3, 0.4) is 0 Å². The van der Waals surface area contributed by atoms with Gasteiger partial charge in [-0.2, -0.15) is 5.10 Å². The van der Waals surface area contributed by atoms with E-state index in [1.165, 1.54) is 20.2 Å². The van der Waals surface area contributed by atoms with Gasteiger partial charge in [-0.3, -0.25) is 9.59 Å². The van der Waals surface area contributed by atoms with Crippen LogP contribution in [0, 0.1) is 13.8 Å². The molecule has 28 heavy (non-hydrogen) atoms. The molecular formula is C21H22N4O3. The van der Waals surface area contributed by atoms with E-state index in [9.17, 15) is 9.59 Å². The monoisotopic (exact) mass is 378 g/mol. The van der Waals surface area contributed by atoms with Gasteiger partial charge in [0.2, 0.25) is 5.91 Å². The molecule has 144 valence electrons. The van der Waals surface area contributed by atoms with Crippen LogP contribution in [0.1, 0.15) is 28.5 Å². The van der Waals surface area contributed by atoms with E-state index in [1.54, 1.807) is 22.9 Å². The maximum absolute atomic E-state index is 12.8. The van der Waals surface area contributed by atoms with Gasteiger partial charge < -0.3 is 15.4 Å². The van der Waals surface area contributed by atoms with E-state index in [4.69, 9.17) is 4.74 Å². The minimum Gasteiger partial charge on any atom is -0.495 e. The molecule has 7 heteroatoms. The van der Waals surface area contributed by atoms with E-state index in [2.05, 4.69) is 15.7 Å². The normalized spacial score (nSPS) is 10.4. The molecule has 2 N–H and O–H groups in total. The summed E-state index contributed by atoms with van der Waals surface area (Å²) >= 11 is 0. The maximum atomic E-state index is 12.8. The molecule has 0 aliphatic rings. The second kappa shape index (κ2) is 7.96. The highest BCUT2D eigenvalue weighted by molar-refractivity contribution is 6.06. The molecule has 0 aliphatic carbocycles. The summed E-state index contributed by atoms with van der Waals surface area (Å²) < 4.78 is 7.04. The van der Waals surface area contributed by atoms with Crippen LogP contribution in [0.15, 0.2) is 48.7 Å². The largest absolute Gasteiger partial charge is 0.495 e. The Kier molecular flexibility index (Phi) is 5.44. The predicted octanol–water partition coefficient (Wildman–Crippen LogP) is 3.71. The van der Waals surface area contributed by atoms with Crippen molar-refractivity contribution in [3.8, 4) is 11.4 Å². The van der Waals surface area contributed by atoms with E-state index in [-0.39, 0.29) is 11.8 Å². The fourth-order valence-electron chi connectivity index (χ4n) is 2.93. The van der Waals surface area contributed by atoms with Crippen LogP contribution in [0.5, 0.6) is 5.75 Å². The van der Waals surface area contributed by atoms with Gasteiger partial charge in [0, 0.05) is 12.6 Å². The highest BCUT2D eigenvalue weighted by Crippen LogP contribution is 2.28. The number of nitrogens with one attached hydrogen (secondary N) is 2. The Morgan fingerprint density at radius 2 is 1.86 bits per heavy atom. The quantitative estimate of drug-likeness (QED) is 0.709. The molecule has 2 amide bonds. The maximum Gasteiger partial charge on any atom is 0.259 e. The van der Waals surface area contributed by atoms with Crippen LogP contribution < -0.4 is 15.4 Å². The first-order valence-electron chi connectivity index (χ1n) is 8.77. The Bertz CT molecular complexity index is 1040. The number of nitrogens with zero attached hydrogens (tertiary/aromatic N) is 2. The molecule has 0 aliphatic heterocycles. The van der Waals surface area contributed by atoms with Gasteiger partial charge >= 0.3 is 0 Å². The third-order valence-corrected chi connectivity index (χ3v) is 4.27. The molecule has 0 saturated carbocycles. The lowest BCUT2D eigenvalue weighted by atomic mass is 10.2. The van der Waals surface area contributed by atoms with E-state index in [0.29, 0.717) is 22.7 Å². The zero-order valence-corrected chi connectivity index (χ0v) is 16.2. The highest BCUT2D eigenvalue weighted by Gasteiger charge is 2.17. The van der Waals surface area contributed by atoms with Crippen molar-refractivity contribution in [2.45, 2.75) is 20.8 Å². The van der Waals surface area contributed by atoms with Crippen molar-refractivity contribution in [3.63, 3.8) is 0 Å². The molecule has 0 fully saturated rings. The standard InChI is InChI=1S/C21H22N4O3/c1-13-6-5-7-17(10-13)25-14(2)18(12-22-25)21(27)24-19-11-16(23-15(3)26)8-9-20(19)28-4/h5-12H,1-4H3,(H,23,26)(H,24,27). The molecule has 0 saturated heterocycles. The van der Waals surface area contributed by atoms with E-state index >= 15 is 0 Å². The second-order valence-corrected chi connectivity index (χ2v) is 6.44. The van der Waals surface area contributed by atoms with E-state index in [1.807, 2.05) is 38.1 Å². The summed E-state index contributed by atoms with van der Waals surface area (Å²) in [6, 6.07) is 12.9. The van der Waals surface area contributed by atoms with Crippen LogP contribution >= 0.6 is 0 Å². The zero-order chi connectivity index (χ0) is 20.3. The number of aromatic nitrogens is 2. The fourth-order valence-corrected chi connectivity index (χ4v) is 2.93. The smallest absolute Gasteiger partial charge is 0.259 e. The molecule has 0 unspecified atom stereocenters. The van der Waals surface area contributed by atoms with E-state index in [0.717, 1.165) is 16.9 Å². The van der Waals surface area contributed by atoms with Crippen LogP contribution in [0.4, 0.5) is 11.4 Å². The van der Waals surface area contributed by atoms with Crippen molar-refractivity contribution >= 4 is 23.2 Å². The molecular weight excluding hydrogens is 356 g/mol. The Morgan fingerprint density at radius 3 is 2.54 bits per heavy atom. The zero-order valence-electron chi connectivity index (χ0n) is 16.2. The molecule has 2 aromatic carbocycles. The van der Waals surface area contributed by atoms with Gasteiger partial charge in [-0.05, 0) is 49.7 Å². The summed E-state index contributed by atoms with van der Waals surface area (Å²) in [7, 11) is 1.52. The molecule has 1 heterocycles. The number of hydrogen-bond donors (Lipinski definition) is 2. The number of benzene rings is 2. The average molecular weight is 378 g/mol. The van der Waals surface area contributed by atoms with Crippen molar-refractivity contribution in [1.82, 2.24) is 9.78 Å². The van der Waals surface area contributed by atoms with Gasteiger partial charge in [-0.1, -0.05) is 12.1 Å². The summed E-state index contributed by atoms with van der Waals surface area (Å²) in [5, 5.41) is 9.89. The third-order valence-electron chi connectivity index (χ3n) is 4.27. The summed E-state index contributed by atoms with van der Waals surface area (Å²) in [4.78, 5) is 24.1. The number of hydrogen-bond acceptors (Lipinski definition) is 4. The average Bonchev–Trinajstić information content (AvgIpc) is 3.03. The van der Waals surface area contributed by atoms with Gasteiger partial charge in [-0.15, -0.1) is 0 Å². The first kappa shape index (κ1) is 19.2. The van der Waals surface area contributed by atoms with Gasteiger partial charge in [0.1, 0.15) is 5.75 Å². The minimum atomic E-state index is -0.310. The van der Waals surface area contributed by atoms with Gasteiger partial charge in [0.25, 0.3) is 5.91 Å². The van der Waals surface area contributed by atoms with Crippen molar-refractivity contribution in [1.29, 1.82) is 0 Å². The molecule has 0 bridgehead atoms. The number of rotatable bonds is 5. The molecule has 7 nitrogen and oxygen atoms in total. The van der Waals surface area contributed by atoms with Crippen molar-refractivity contribution in [2.75, 3.05) is 17.7 Å². The van der Waals surface area contributed by atoms with Gasteiger partial charge in [0.05, 0.1) is 35.9 Å². The third kappa shape index (κ3) is 4.03. The lowest BCUT2D eigenvalue weighted by molar-refractivity contribution is -0.114. The minimum absolute atomic E-state index is 0.197. The number of methoxy groups -OCH3 is 1. The number of carbonyl (C=O) groups is 2. The lowest BCUT2D eigenvalue weighted by Gasteiger charge is -2.12. The summed E-state index contributed by atoms with van der Waals surface area (Å²) in [5.74, 6) is -0.0152. The summed E-state index contributed by atoms with van der Waals surface area (Å²) in [5.41, 5.74) is 4.20. The van der Waals surface area contributed by atoms with E-state index < -0.39 is 0 Å². The highest BCUT2D eigenvalue weighted by atomic mass is 16.5. The Morgan fingerprint density at radius 1 is 1.07 bits per heavy atom. The number of anilines is 2. The summed E-state index contributed by atoms with van der Waals surface area (Å²) in [6.07, 6.45) is 1.54. The molecule has 0 radical (unpaired) electrons. The Labute approximate surface area is 163 Å². The van der Waals surface area contributed by atoms with Gasteiger partial charge in [0.15, 0.2) is 0 Å². The molecule has 3 rings (SSSR count). The van der Waals surface area contributed by atoms with Crippen molar-refractivity contribution < 1.29 is 14.3 Å². The summed E-state index contributed by atoms with van der Waals surface area (Å²) in [6.45, 7) is 5.27. The Balaban J connectivity index is 1.89. The molecule has 0 spiro atoms. The van der Waals surface area contributed by atoms with Crippen LogP contribution in [-0.4, -0.2) is 28.7 Å². The number of aryl methyl sites for hydroxylation is 1. The SMILES string of the molecule is COc1ccc(NC(C)=O)cc1NC(=O)c1cnn(-c2cccc(C)c2)c1C. The topological polar surface area (TPSA) is 85.2 Å². The molecule has 3 aromatic rings. The van der Waals surface area contributed by atoms with Crippen molar-refractivity contribution in [2.24, 2.45) is 0 Å². The number of amides is 2. The first-order chi connectivity index (χ1) is 13.4. The number of ether oxygens (including phenoxy) is 1. The first-order valence-corrected chi connectivity index (χ1v) is 8.77. The van der Waals surface area contributed by atoms with Gasteiger partial charge in [-0.25, -0.2) is 4.68 Å². The van der Waals surface area contributed by atoms with Crippen LogP contribution in [-0.2, 0) is 4.79 Å². The molecule has 0 atom stereocenters. The Hall–Kier alpha value is -3.61. The fraction of sp³-hybridized carbons (Fsp3) is 0.190. The number of carbonyl (C=O) groups excluding carboxylic acids is 2. The predicted molar refractivity (Wildman–Crippen MR) is 108 cm³/mol. The second-order valence-electron chi connectivity index (χ2n) is 6.44.